The SMILES string of the molecule is C=Cc1nccn1C. The van der Waals surface area contributed by atoms with Gasteiger partial charge < -0.3 is 4.57 Å². The van der Waals surface area contributed by atoms with Gasteiger partial charge in [0.15, 0.2) is 0 Å². The number of aromatic nitrogens is 2. The van der Waals surface area contributed by atoms with Gasteiger partial charge in [0.05, 0.1) is 0 Å². The van der Waals surface area contributed by atoms with Crippen LogP contribution in [0.15, 0.2) is 19.0 Å². The molecule has 0 amide bonds. The van der Waals surface area contributed by atoms with Gasteiger partial charge in [-0.2, -0.15) is 0 Å². The fourth-order valence-electron chi connectivity index (χ4n) is 0.574. The van der Waals surface area contributed by atoms with E-state index in [2.05, 4.69) is 11.6 Å². The van der Waals surface area contributed by atoms with E-state index in [0.29, 0.717) is 0 Å². The van der Waals surface area contributed by atoms with E-state index < -0.39 is 0 Å². The normalized spacial score (nSPS) is 9.12. The predicted octanol–water partition coefficient (Wildman–Crippen LogP) is 1.06. The Bertz CT molecular complexity index is 188. The summed E-state index contributed by atoms with van der Waals surface area (Å²) in [6.45, 7) is 3.58. The van der Waals surface area contributed by atoms with Gasteiger partial charge in [-0.15, -0.1) is 0 Å². The van der Waals surface area contributed by atoms with E-state index in [1.807, 2.05) is 17.8 Å². The second-order valence-corrected chi connectivity index (χ2v) is 1.60. The van der Waals surface area contributed by atoms with Crippen molar-refractivity contribution in [2.75, 3.05) is 0 Å². The van der Waals surface area contributed by atoms with E-state index in [9.17, 15) is 0 Å². The van der Waals surface area contributed by atoms with E-state index in [-0.39, 0.29) is 0 Å². The molecule has 0 aromatic carbocycles. The number of nitrogens with zero attached hydrogens (tertiary/aromatic N) is 2. The maximum atomic E-state index is 3.98. The summed E-state index contributed by atoms with van der Waals surface area (Å²) in [5.74, 6) is 0.907. The van der Waals surface area contributed by atoms with Crippen LogP contribution in [-0.4, -0.2) is 9.55 Å². The molecule has 0 aliphatic heterocycles. The topological polar surface area (TPSA) is 17.8 Å². The second-order valence-electron chi connectivity index (χ2n) is 1.60. The lowest BCUT2D eigenvalue weighted by molar-refractivity contribution is 0.898. The molecule has 0 unspecified atom stereocenters. The van der Waals surface area contributed by atoms with Crippen molar-refractivity contribution in [3.05, 3.63) is 24.8 Å². The van der Waals surface area contributed by atoms with Crippen LogP contribution in [0.3, 0.4) is 0 Å². The molecule has 2 nitrogen and oxygen atoms in total. The highest BCUT2D eigenvalue weighted by atomic mass is 15.0. The van der Waals surface area contributed by atoms with Crippen molar-refractivity contribution in [3.63, 3.8) is 0 Å². The largest absolute Gasteiger partial charge is 0.335 e. The maximum Gasteiger partial charge on any atom is 0.131 e. The molecular formula is C6H8N2. The summed E-state index contributed by atoms with van der Waals surface area (Å²) in [7, 11) is 1.93. The Balaban J connectivity index is 3.09. The van der Waals surface area contributed by atoms with Crippen molar-refractivity contribution in [2.24, 2.45) is 7.05 Å². The van der Waals surface area contributed by atoms with Gasteiger partial charge in [0.25, 0.3) is 0 Å². The fraction of sp³-hybridized carbons (Fsp3) is 0.167. The molecule has 1 aromatic rings. The van der Waals surface area contributed by atoms with Crippen molar-refractivity contribution >= 4 is 6.08 Å². The fourth-order valence-corrected chi connectivity index (χ4v) is 0.574. The molecule has 0 bridgehead atoms. The first-order chi connectivity index (χ1) is 3.84. The molecule has 42 valence electrons. The van der Waals surface area contributed by atoms with Crippen molar-refractivity contribution in [1.29, 1.82) is 0 Å². The molecule has 1 aromatic heterocycles. The minimum Gasteiger partial charge on any atom is -0.335 e. The molecule has 0 fully saturated rings. The lowest BCUT2D eigenvalue weighted by atomic mass is 10.6. The third-order valence-corrected chi connectivity index (χ3v) is 1.04. The summed E-state index contributed by atoms with van der Waals surface area (Å²) in [4.78, 5) is 3.98. The van der Waals surface area contributed by atoms with Crippen molar-refractivity contribution in [2.45, 2.75) is 0 Å². The molecule has 0 spiro atoms. The molecular weight excluding hydrogens is 100 g/mol. The van der Waals surface area contributed by atoms with Crippen molar-refractivity contribution in [1.82, 2.24) is 9.55 Å². The molecule has 0 saturated heterocycles. The van der Waals surface area contributed by atoms with Crippen LogP contribution in [0.2, 0.25) is 0 Å². The first-order valence-electron chi connectivity index (χ1n) is 2.44. The number of hydrogen-bond donors (Lipinski definition) is 0. The Morgan fingerprint density at radius 2 is 2.62 bits per heavy atom. The maximum absolute atomic E-state index is 3.98. The van der Waals surface area contributed by atoms with E-state index in [0.717, 1.165) is 5.82 Å². The second kappa shape index (κ2) is 1.82. The zero-order valence-electron chi connectivity index (χ0n) is 4.83. The summed E-state index contributed by atoms with van der Waals surface area (Å²) >= 11 is 0. The lowest BCUT2D eigenvalue weighted by Crippen LogP contribution is -1.87. The first kappa shape index (κ1) is 5.09. The number of rotatable bonds is 1. The Kier molecular flexibility index (Phi) is 1.16. The third kappa shape index (κ3) is 0.644. The Hall–Kier alpha value is -1.05. The van der Waals surface area contributed by atoms with Gasteiger partial charge in [0.2, 0.25) is 0 Å². The minimum atomic E-state index is 0.907. The number of aryl methyl sites for hydroxylation is 1. The van der Waals surface area contributed by atoms with Gasteiger partial charge in [0.1, 0.15) is 5.82 Å². The van der Waals surface area contributed by atoms with Crippen molar-refractivity contribution < 1.29 is 0 Å². The molecule has 0 aliphatic rings. The summed E-state index contributed by atoms with van der Waals surface area (Å²) in [6.07, 6.45) is 5.36. The standard InChI is InChI=1S/C6H8N2/c1-3-6-7-4-5-8(6)2/h3-5H,1H2,2H3. The lowest BCUT2D eigenvalue weighted by Gasteiger charge is -1.89. The molecule has 0 aliphatic carbocycles. The van der Waals surface area contributed by atoms with Gasteiger partial charge in [-0.1, -0.05) is 6.58 Å². The zero-order chi connectivity index (χ0) is 5.98. The molecule has 0 saturated carbocycles. The molecule has 0 atom stereocenters. The highest BCUT2D eigenvalue weighted by molar-refractivity contribution is 5.35. The van der Waals surface area contributed by atoms with Gasteiger partial charge in [0, 0.05) is 19.4 Å². The summed E-state index contributed by atoms with van der Waals surface area (Å²) in [5, 5.41) is 0. The van der Waals surface area contributed by atoms with E-state index >= 15 is 0 Å². The molecule has 2 heteroatoms. The summed E-state index contributed by atoms with van der Waals surface area (Å²) < 4.78 is 1.91. The summed E-state index contributed by atoms with van der Waals surface area (Å²) in [6, 6.07) is 0. The number of imidazole rings is 1. The quantitative estimate of drug-likeness (QED) is 0.526. The summed E-state index contributed by atoms with van der Waals surface area (Å²) in [5.41, 5.74) is 0. The van der Waals surface area contributed by atoms with Gasteiger partial charge >= 0.3 is 0 Å². The van der Waals surface area contributed by atoms with E-state index in [1.165, 1.54) is 0 Å². The molecule has 1 heterocycles. The monoisotopic (exact) mass is 108 g/mol. The van der Waals surface area contributed by atoms with E-state index in [4.69, 9.17) is 0 Å². The zero-order valence-corrected chi connectivity index (χ0v) is 4.83. The Labute approximate surface area is 48.5 Å². The minimum absolute atomic E-state index is 0.907. The van der Waals surface area contributed by atoms with Gasteiger partial charge in [-0.05, 0) is 6.08 Å². The van der Waals surface area contributed by atoms with Gasteiger partial charge in [-0.25, -0.2) is 4.98 Å². The van der Waals surface area contributed by atoms with Crippen LogP contribution in [-0.2, 0) is 7.05 Å². The predicted molar refractivity (Wildman–Crippen MR) is 33.3 cm³/mol. The number of hydrogen-bond acceptors (Lipinski definition) is 1. The van der Waals surface area contributed by atoms with Gasteiger partial charge in [-0.3, -0.25) is 0 Å². The van der Waals surface area contributed by atoms with Crippen LogP contribution in [0.4, 0.5) is 0 Å². The molecule has 8 heavy (non-hydrogen) atoms. The highest BCUT2D eigenvalue weighted by Crippen LogP contribution is 1.92. The van der Waals surface area contributed by atoms with Crippen LogP contribution in [0.25, 0.3) is 6.08 Å². The highest BCUT2D eigenvalue weighted by Gasteiger charge is 1.87. The van der Waals surface area contributed by atoms with Crippen LogP contribution in [0.1, 0.15) is 5.82 Å². The van der Waals surface area contributed by atoms with Crippen molar-refractivity contribution in [3.8, 4) is 0 Å². The van der Waals surface area contributed by atoms with Crippen LogP contribution < -0.4 is 0 Å². The average molecular weight is 108 g/mol. The third-order valence-electron chi connectivity index (χ3n) is 1.04. The Morgan fingerprint density at radius 3 is 2.88 bits per heavy atom. The Morgan fingerprint density at radius 1 is 1.88 bits per heavy atom. The first-order valence-corrected chi connectivity index (χ1v) is 2.44. The smallest absolute Gasteiger partial charge is 0.131 e. The molecule has 0 N–H and O–H groups in total. The van der Waals surface area contributed by atoms with E-state index in [1.54, 1.807) is 12.3 Å². The molecule has 1 rings (SSSR count). The average Bonchev–Trinajstić information content (AvgIpc) is 2.14. The van der Waals surface area contributed by atoms with Crippen LogP contribution in [0, 0.1) is 0 Å². The van der Waals surface area contributed by atoms with Crippen LogP contribution >= 0.6 is 0 Å². The van der Waals surface area contributed by atoms with Crippen LogP contribution in [0.5, 0.6) is 0 Å². The molecule has 0 radical (unpaired) electrons.